The van der Waals surface area contributed by atoms with Gasteiger partial charge in [0.1, 0.15) is 17.2 Å². The molecule has 1 saturated heterocycles. The van der Waals surface area contributed by atoms with E-state index in [1.54, 1.807) is 18.6 Å². The fourth-order valence-electron chi connectivity index (χ4n) is 4.94. The second kappa shape index (κ2) is 11.1. The smallest absolute Gasteiger partial charge is 0.378 e. The fourth-order valence-corrected chi connectivity index (χ4v) is 4.94. The highest BCUT2D eigenvalue weighted by Crippen LogP contribution is 2.30. The number of nitrogens with zero attached hydrogens (tertiary/aromatic N) is 4. The first kappa shape index (κ1) is 26.6. The number of morpholine rings is 1. The quantitative estimate of drug-likeness (QED) is 0.268. The molecular formula is C31H26F3N5O2. The lowest BCUT2D eigenvalue weighted by atomic mass is 10.0. The highest BCUT2D eigenvalue weighted by Gasteiger charge is 2.30. The number of anilines is 1. The number of pyridine rings is 3. The molecule has 5 heterocycles. The molecule has 1 fully saturated rings. The van der Waals surface area contributed by atoms with Crippen LogP contribution in [0.25, 0.3) is 33.5 Å². The summed E-state index contributed by atoms with van der Waals surface area (Å²) in [4.78, 5) is 31.8. The van der Waals surface area contributed by atoms with Gasteiger partial charge in [0.15, 0.2) is 0 Å². The van der Waals surface area contributed by atoms with E-state index in [1.165, 1.54) is 12.1 Å². The number of halogens is 3. The maximum absolute atomic E-state index is 13.0. The Kier molecular flexibility index (Phi) is 7.23. The van der Waals surface area contributed by atoms with Gasteiger partial charge in [-0.15, -0.1) is 0 Å². The summed E-state index contributed by atoms with van der Waals surface area (Å²) >= 11 is 0. The zero-order valence-corrected chi connectivity index (χ0v) is 22.0. The van der Waals surface area contributed by atoms with Gasteiger partial charge in [0, 0.05) is 66.7 Å². The molecular weight excluding hydrogens is 531 g/mol. The largest absolute Gasteiger partial charge is 0.416 e. The summed E-state index contributed by atoms with van der Waals surface area (Å²) in [6.07, 6.45) is 0.740. The van der Waals surface area contributed by atoms with E-state index in [0.717, 1.165) is 58.9 Å². The van der Waals surface area contributed by atoms with Crippen molar-refractivity contribution in [2.24, 2.45) is 0 Å². The third-order valence-electron chi connectivity index (χ3n) is 7.04. The minimum absolute atomic E-state index is 0.0759. The van der Waals surface area contributed by atoms with Crippen molar-refractivity contribution < 1.29 is 22.7 Å². The number of hydrogen-bond acceptors (Lipinski definition) is 6. The molecule has 6 rings (SSSR count). The number of alkyl halides is 3. The average Bonchev–Trinajstić information content (AvgIpc) is 3.42. The number of ketones is 1. The number of rotatable bonds is 7. The van der Waals surface area contributed by atoms with Crippen molar-refractivity contribution in [3.63, 3.8) is 0 Å². The van der Waals surface area contributed by atoms with E-state index in [9.17, 15) is 18.0 Å². The van der Waals surface area contributed by atoms with E-state index in [1.807, 2.05) is 30.3 Å². The average molecular weight is 558 g/mol. The molecule has 5 aromatic rings. The molecule has 0 unspecified atom stereocenters. The molecule has 0 amide bonds. The van der Waals surface area contributed by atoms with Gasteiger partial charge in [-0.25, -0.2) is 9.97 Å². The molecule has 0 radical (unpaired) electrons. The van der Waals surface area contributed by atoms with Crippen LogP contribution in [0.2, 0.25) is 0 Å². The Morgan fingerprint density at radius 1 is 0.878 bits per heavy atom. The van der Waals surface area contributed by atoms with E-state index < -0.39 is 11.7 Å². The van der Waals surface area contributed by atoms with Crippen LogP contribution in [-0.4, -0.2) is 52.0 Å². The van der Waals surface area contributed by atoms with Crippen LogP contribution >= 0.6 is 0 Å². The third kappa shape index (κ3) is 6.12. The van der Waals surface area contributed by atoms with Gasteiger partial charge in [-0.05, 0) is 47.5 Å². The molecule has 208 valence electrons. The van der Waals surface area contributed by atoms with Gasteiger partial charge in [-0.2, -0.15) is 13.2 Å². The Balaban J connectivity index is 1.14. The molecule has 41 heavy (non-hydrogen) atoms. The predicted octanol–water partition coefficient (Wildman–Crippen LogP) is 5.90. The normalized spacial score (nSPS) is 14.0. The number of nitrogens with one attached hydrogen (secondary N) is 1. The monoisotopic (exact) mass is 557 g/mol. The topological polar surface area (TPSA) is 84.0 Å². The number of ether oxygens (including phenoxy) is 1. The fraction of sp³-hybridized carbons (Fsp3) is 0.226. The summed E-state index contributed by atoms with van der Waals surface area (Å²) in [6, 6.07) is 16.6. The lowest BCUT2D eigenvalue weighted by molar-refractivity contribution is -0.137. The number of fused-ring (bicyclic) bond motifs is 1. The van der Waals surface area contributed by atoms with E-state index in [-0.39, 0.29) is 18.6 Å². The minimum Gasteiger partial charge on any atom is -0.378 e. The predicted molar refractivity (Wildman–Crippen MR) is 149 cm³/mol. The molecule has 10 heteroatoms. The Morgan fingerprint density at radius 2 is 1.71 bits per heavy atom. The Bertz CT molecular complexity index is 1690. The minimum atomic E-state index is -4.44. The van der Waals surface area contributed by atoms with Gasteiger partial charge in [-0.3, -0.25) is 9.78 Å². The van der Waals surface area contributed by atoms with Gasteiger partial charge < -0.3 is 14.6 Å². The number of carbonyl (C=O) groups is 1. The molecule has 1 aliphatic heterocycles. The number of H-pyrrole nitrogens is 1. The van der Waals surface area contributed by atoms with Crippen LogP contribution in [-0.2, 0) is 28.5 Å². The number of benzene rings is 1. The summed E-state index contributed by atoms with van der Waals surface area (Å²) in [5.41, 5.74) is 4.50. The Morgan fingerprint density at radius 3 is 2.49 bits per heavy atom. The zero-order valence-electron chi connectivity index (χ0n) is 22.0. The van der Waals surface area contributed by atoms with Crippen molar-refractivity contribution in [1.82, 2.24) is 19.9 Å². The highest BCUT2D eigenvalue weighted by molar-refractivity contribution is 5.87. The number of aromatic amines is 1. The second-order valence-electron chi connectivity index (χ2n) is 9.99. The molecule has 0 bridgehead atoms. The van der Waals surface area contributed by atoms with Gasteiger partial charge in [0.2, 0.25) is 0 Å². The first-order valence-corrected chi connectivity index (χ1v) is 13.2. The molecule has 0 aliphatic carbocycles. The Hall–Kier alpha value is -4.57. The van der Waals surface area contributed by atoms with Crippen molar-refractivity contribution >= 4 is 22.6 Å². The first-order chi connectivity index (χ1) is 19.8. The van der Waals surface area contributed by atoms with Crippen LogP contribution in [0, 0.1) is 0 Å². The van der Waals surface area contributed by atoms with E-state index in [2.05, 4.69) is 30.9 Å². The van der Waals surface area contributed by atoms with Crippen LogP contribution in [0.1, 0.15) is 16.7 Å². The van der Waals surface area contributed by atoms with Crippen molar-refractivity contribution in [3.05, 3.63) is 95.9 Å². The maximum atomic E-state index is 13.0. The van der Waals surface area contributed by atoms with E-state index in [4.69, 9.17) is 4.74 Å². The standard InChI is InChI=1S/C31H26F3N5O2/c32-31(33,34)25-3-1-2-20(12-25)13-26(40)14-21-4-5-27(36-18-21)24-15-23-16-28(38-30(23)37-19-24)22-6-7-35-29(17-22)39-8-10-41-11-9-39/h1-7,12,15-19H,8-11,13-14H2,(H,37,38). The van der Waals surface area contributed by atoms with Crippen LogP contribution in [0.15, 0.2) is 79.3 Å². The molecule has 1 aromatic carbocycles. The summed E-state index contributed by atoms with van der Waals surface area (Å²) in [6.45, 7) is 3.00. The summed E-state index contributed by atoms with van der Waals surface area (Å²) in [5.74, 6) is 0.727. The Labute approximate surface area is 234 Å². The molecule has 0 atom stereocenters. The van der Waals surface area contributed by atoms with Crippen LogP contribution in [0.3, 0.4) is 0 Å². The lowest BCUT2D eigenvalue weighted by Gasteiger charge is -2.27. The van der Waals surface area contributed by atoms with Gasteiger partial charge >= 0.3 is 6.18 Å². The molecule has 4 aromatic heterocycles. The number of aromatic nitrogens is 4. The third-order valence-corrected chi connectivity index (χ3v) is 7.04. The molecule has 1 aliphatic rings. The SMILES string of the molecule is O=C(Cc1ccc(-c2cnc3[nH]c(-c4ccnc(N5CCOCC5)c4)cc3c2)nc1)Cc1cccc(C(F)(F)F)c1. The van der Waals surface area contributed by atoms with Gasteiger partial charge in [0.05, 0.1) is 24.5 Å². The van der Waals surface area contributed by atoms with Crippen molar-refractivity contribution in [2.45, 2.75) is 19.0 Å². The van der Waals surface area contributed by atoms with Crippen molar-refractivity contribution in [1.29, 1.82) is 0 Å². The molecule has 1 N–H and O–H groups in total. The number of carbonyl (C=O) groups excluding carboxylic acids is 1. The zero-order chi connectivity index (χ0) is 28.4. The summed E-state index contributed by atoms with van der Waals surface area (Å²) in [7, 11) is 0. The number of Topliss-reactive ketones (excluding diaryl/α,β-unsaturated/α-hetero) is 1. The van der Waals surface area contributed by atoms with Crippen LogP contribution < -0.4 is 4.90 Å². The van der Waals surface area contributed by atoms with Crippen molar-refractivity contribution in [2.75, 3.05) is 31.2 Å². The molecule has 7 nitrogen and oxygen atoms in total. The second-order valence-corrected chi connectivity index (χ2v) is 9.99. The van der Waals surface area contributed by atoms with Gasteiger partial charge in [-0.1, -0.05) is 24.3 Å². The molecule has 0 spiro atoms. The van der Waals surface area contributed by atoms with Gasteiger partial charge in [0.25, 0.3) is 0 Å². The van der Waals surface area contributed by atoms with Crippen LogP contribution in [0.5, 0.6) is 0 Å². The lowest BCUT2D eigenvalue weighted by Crippen LogP contribution is -2.36. The van der Waals surface area contributed by atoms with E-state index >= 15 is 0 Å². The van der Waals surface area contributed by atoms with Crippen molar-refractivity contribution in [3.8, 4) is 22.5 Å². The number of hydrogen-bond donors (Lipinski definition) is 1. The van der Waals surface area contributed by atoms with E-state index in [0.29, 0.717) is 30.0 Å². The van der Waals surface area contributed by atoms with Crippen LogP contribution in [0.4, 0.5) is 19.0 Å². The maximum Gasteiger partial charge on any atom is 0.416 e. The summed E-state index contributed by atoms with van der Waals surface area (Å²) in [5, 5.41) is 0.935. The highest BCUT2D eigenvalue weighted by atomic mass is 19.4. The molecule has 0 saturated carbocycles. The summed E-state index contributed by atoms with van der Waals surface area (Å²) < 4.78 is 44.3. The first-order valence-electron chi connectivity index (χ1n) is 13.2.